The molecular weight excluding hydrogens is 292 g/mol. The molecule has 3 N–H and O–H groups in total. The van der Waals surface area contributed by atoms with Crippen molar-refractivity contribution < 1.29 is 18.4 Å². The molecule has 120 valence electrons. The third kappa shape index (κ3) is 3.41. The number of carbonyl (C=O) groups excluding carboxylic acids is 2. The van der Waals surface area contributed by atoms with Crippen LogP contribution in [0.15, 0.2) is 18.2 Å². The van der Waals surface area contributed by atoms with Gasteiger partial charge in [-0.3, -0.25) is 9.59 Å². The molecule has 0 bridgehead atoms. The number of benzene rings is 1. The van der Waals surface area contributed by atoms with E-state index in [9.17, 15) is 18.4 Å². The average molecular weight is 311 g/mol. The van der Waals surface area contributed by atoms with Crippen LogP contribution in [-0.2, 0) is 4.79 Å². The van der Waals surface area contributed by atoms with Crippen molar-refractivity contribution in [3.63, 3.8) is 0 Å². The van der Waals surface area contributed by atoms with Crippen molar-refractivity contribution >= 4 is 11.8 Å². The lowest BCUT2D eigenvalue weighted by molar-refractivity contribution is -0.125. The average Bonchev–Trinajstić information content (AvgIpc) is 2.82. The van der Waals surface area contributed by atoms with Gasteiger partial charge in [-0.1, -0.05) is 0 Å². The van der Waals surface area contributed by atoms with E-state index in [0.29, 0.717) is 6.42 Å². The Hall–Kier alpha value is -2.02. The molecule has 0 radical (unpaired) electrons. The van der Waals surface area contributed by atoms with Gasteiger partial charge in [-0.2, -0.15) is 0 Å². The van der Waals surface area contributed by atoms with Gasteiger partial charge >= 0.3 is 0 Å². The third-order valence-electron chi connectivity index (χ3n) is 3.49. The molecule has 1 heterocycles. The second kappa shape index (κ2) is 6.39. The molecule has 7 heteroatoms. The predicted octanol–water partition coefficient (Wildman–Crippen LogP) is 1.03. The minimum atomic E-state index is -0.824. The minimum absolute atomic E-state index is 0.0906. The topological polar surface area (TPSA) is 75.4 Å². The lowest BCUT2D eigenvalue weighted by Gasteiger charge is -2.25. The molecule has 2 atom stereocenters. The van der Waals surface area contributed by atoms with E-state index >= 15 is 0 Å². The molecule has 1 fully saturated rings. The number of amides is 2. The quantitative estimate of drug-likeness (QED) is 0.875. The molecule has 0 unspecified atom stereocenters. The van der Waals surface area contributed by atoms with Gasteiger partial charge in [-0.15, -0.1) is 0 Å². The number of likely N-dealkylation sites (tertiary alicyclic amines) is 1. The summed E-state index contributed by atoms with van der Waals surface area (Å²) < 4.78 is 27.0. The van der Waals surface area contributed by atoms with Crippen LogP contribution in [0.2, 0.25) is 0 Å². The van der Waals surface area contributed by atoms with Gasteiger partial charge in [0.1, 0.15) is 17.7 Å². The Morgan fingerprint density at radius 2 is 2.05 bits per heavy atom. The first kappa shape index (κ1) is 16.4. The molecule has 0 aliphatic carbocycles. The monoisotopic (exact) mass is 311 g/mol. The van der Waals surface area contributed by atoms with Crippen molar-refractivity contribution in [3.8, 4) is 0 Å². The van der Waals surface area contributed by atoms with Crippen LogP contribution in [-0.4, -0.2) is 41.4 Å². The van der Waals surface area contributed by atoms with Gasteiger partial charge < -0.3 is 16.0 Å². The zero-order valence-corrected chi connectivity index (χ0v) is 12.5. The predicted molar refractivity (Wildman–Crippen MR) is 77.1 cm³/mol. The number of nitrogens with two attached hydrogens (primary N) is 1. The Morgan fingerprint density at radius 1 is 1.36 bits per heavy atom. The Kier molecular flexibility index (Phi) is 4.75. The molecule has 1 aromatic rings. The highest BCUT2D eigenvalue weighted by Crippen LogP contribution is 2.22. The lowest BCUT2D eigenvalue weighted by Crippen LogP contribution is -2.47. The summed E-state index contributed by atoms with van der Waals surface area (Å²) in [6, 6.07) is 1.43. The number of carbonyl (C=O) groups is 2. The van der Waals surface area contributed by atoms with Crippen molar-refractivity contribution in [2.75, 3.05) is 6.54 Å². The number of halogens is 2. The first-order valence-corrected chi connectivity index (χ1v) is 7.11. The van der Waals surface area contributed by atoms with Crippen molar-refractivity contribution in [1.82, 2.24) is 10.2 Å². The van der Waals surface area contributed by atoms with Crippen molar-refractivity contribution in [2.24, 2.45) is 5.73 Å². The van der Waals surface area contributed by atoms with Crippen LogP contribution < -0.4 is 11.1 Å². The van der Waals surface area contributed by atoms with Crippen molar-refractivity contribution in [2.45, 2.75) is 38.4 Å². The van der Waals surface area contributed by atoms with Crippen LogP contribution in [0.1, 0.15) is 30.6 Å². The number of hydrogen-bond acceptors (Lipinski definition) is 3. The van der Waals surface area contributed by atoms with Gasteiger partial charge in [0.25, 0.3) is 5.91 Å². The molecular formula is C15H19F2N3O2. The van der Waals surface area contributed by atoms with Crippen LogP contribution >= 0.6 is 0 Å². The van der Waals surface area contributed by atoms with Gasteiger partial charge in [-0.25, -0.2) is 8.78 Å². The minimum Gasteiger partial charge on any atom is -0.352 e. The molecule has 5 nitrogen and oxygen atoms in total. The Balaban J connectivity index is 2.26. The molecule has 1 aromatic carbocycles. The molecule has 2 amide bonds. The fraction of sp³-hybridized carbons (Fsp3) is 0.467. The second-order valence-electron chi connectivity index (χ2n) is 5.76. The maximum Gasteiger partial charge on any atom is 0.257 e. The molecule has 1 saturated heterocycles. The number of rotatable bonds is 3. The van der Waals surface area contributed by atoms with Crippen LogP contribution in [0.25, 0.3) is 0 Å². The zero-order chi connectivity index (χ0) is 16.4. The first-order valence-electron chi connectivity index (χ1n) is 7.11. The summed E-state index contributed by atoms with van der Waals surface area (Å²) in [4.78, 5) is 25.8. The fourth-order valence-electron chi connectivity index (χ4n) is 2.54. The summed E-state index contributed by atoms with van der Waals surface area (Å²) >= 11 is 0. The Morgan fingerprint density at radius 3 is 2.68 bits per heavy atom. The normalized spacial score (nSPS) is 21.3. The maximum atomic E-state index is 13.8. The highest BCUT2D eigenvalue weighted by Gasteiger charge is 2.39. The molecule has 22 heavy (non-hydrogen) atoms. The number of nitrogens with one attached hydrogen (secondary N) is 1. The van der Waals surface area contributed by atoms with E-state index in [1.165, 1.54) is 4.90 Å². The lowest BCUT2D eigenvalue weighted by atomic mass is 10.1. The molecule has 0 aromatic heterocycles. The van der Waals surface area contributed by atoms with Gasteiger partial charge in [-0.05, 0) is 38.5 Å². The molecule has 2 rings (SSSR count). The summed E-state index contributed by atoms with van der Waals surface area (Å²) in [6.45, 7) is 3.72. The largest absolute Gasteiger partial charge is 0.352 e. The van der Waals surface area contributed by atoms with Crippen LogP contribution in [0, 0.1) is 11.6 Å². The fourth-order valence-corrected chi connectivity index (χ4v) is 2.54. The summed E-state index contributed by atoms with van der Waals surface area (Å²) in [6.07, 6.45) is 0.293. The third-order valence-corrected chi connectivity index (χ3v) is 3.49. The highest BCUT2D eigenvalue weighted by atomic mass is 19.1. The van der Waals surface area contributed by atoms with E-state index in [0.717, 1.165) is 18.2 Å². The maximum absolute atomic E-state index is 13.8. The first-order chi connectivity index (χ1) is 10.3. The zero-order valence-electron chi connectivity index (χ0n) is 12.5. The second-order valence-corrected chi connectivity index (χ2v) is 5.76. The molecule has 1 aliphatic heterocycles. The van der Waals surface area contributed by atoms with Crippen LogP contribution in [0.3, 0.4) is 0 Å². The van der Waals surface area contributed by atoms with Crippen LogP contribution in [0.4, 0.5) is 8.78 Å². The summed E-state index contributed by atoms with van der Waals surface area (Å²) in [7, 11) is 0. The molecule has 0 saturated carbocycles. The van der Waals surface area contributed by atoms with Crippen molar-refractivity contribution in [3.05, 3.63) is 35.4 Å². The van der Waals surface area contributed by atoms with Gasteiger partial charge in [0.05, 0.1) is 5.56 Å². The number of hydrogen-bond donors (Lipinski definition) is 2. The van der Waals surface area contributed by atoms with E-state index < -0.39 is 29.1 Å². The summed E-state index contributed by atoms with van der Waals surface area (Å²) in [5, 5.41) is 2.71. The standard InChI is InChI=1S/C15H19F2N3O2/c1-8(2)19-14(21)13-6-10(18)7-20(13)15(22)11-5-9(16)3-4-12(11)17/h3-5,8,10,13H,6-7,18H2,1-2H3,(H,19,21)/t10-,13-/m0/s1. The highest BCUT2D eigenvalue weighted by molar-refractivity contribution is 5.98. The summed E-state index contributed by atoms with van der Waals surface area (Å²) in [5.41, 5.74) is 5.43. The smallest absolute Gasteiger partial charge is 0.257 e. The van der Waals surface area contributed by atoms with E-state index in [2.05, 4.69) is 5.32 Å². The van der Waals surface area contributed by atoms with E-state index in [-0.39, 0.29) is 24.5 Å². The summed E-state index contributed by atoms with van der Waals surface area (Å²) in [5.74, 6) is -2.60. The number of nitrogens with zero attached hydrogens (tertiary/aromatic N) is 1. The van der Waals surface area contributed by atoms with Gasteiger partial charge in [0.15, 0.2) is 0 Å². The molecule has 0 spiro atoms. The Labute approximate surface area is 127 Å². The SMILES string of the molecule is CC(C)NC(=O)[C@@H]1C[C@H](N)CN1C(=O)c1cc(F)ccc1F. The van der Waals surface area contributed by atoms with E-state index in [1.807, 2.05) is 0 Å². The van der Waals surface area contributed by atoms with Gasteiger partial charge in [0.2, 0.25) is 5.91 Å². The molecule has 1 aliphatic rings. The Bertz CT molecular complexity index is 592. The van der Waals surface area contributed by atoms with E-state index in [1.54, 1.807) is 13.8 Å². The van der Waals surface area contributed by atoms with Crippen molar-refractivity contribution in [1.29, 1.82) is 0 Å². The van der Waals surface area contributed by atoms with Crippen LogP contribution in [0.5, 0.6) is 0 Å². The van der Waals surface area contributed by atoms with E-state index in [4.69, 9.17) is 5.73 Å². The van der Waals surface area contributed by atoms with Gasteiger partial charge in [0, 0.05) is 18.6 Å².